The van der Waals surface area contributed by atoms with Crippen LogP contribution in [-0.4, -0.2) is 65.2 Å². The summed E-state index contributed by atoms with van der Waals surface area (Å²) in [7, 11) is 0. The lowest BCUT2D eigenvalue weighted by molar-refractivity contribution is -0.170. The number of alkyl carbamates (subject to hydrolysis) is 1. The first-order valence-corrected chi connectivity index (χ1v) is 12.1. The Balaban J connectivity index is 1.18. The summed E-state index contributed by atoms with van der Waals surface area (Å²) >= 11 is 1.37. The van der Waals surface area contributed by atoms with E-state index < -0.39 is 23.5 Å². The maximum absolute atomic E-state index is 12.3. The van der Waals surface area contributed by atoms with E-state index in [1.807, 2.05) is 38.1 Å². The molecule has 1 unspecified atom stereocenters. The van der Waals surface area contributed by atoms with E-state index in [0.29, 0.717) is 18.8 Å². The van der Waals surface area contributed by atoms with Crippen molar-refractivity contribution in [2.75, 3.05) is 31.2 Å². The van der Waals surface area contributed by atoms with Gasteiger partial charge in [0.1, 0.15) is 12.6 Å². The third-order valence-corrected chi connectivity index (χ3v) is 7.21. The smallest absolute Gasteiger partial charge is 0.407 e. The Morgan fingerprint density at radius 1 is 1.09 bits per heavy atom. The van der Waals surface area contributed by atoms with Crippen LogP contribution in [0.2, 0.25) is 0 Å². The van der Waals surface area contributed by atoms with Gasteiger partial charge < -0.3 is 20.1 Å². The minimum Gasteiger partial charge on any atom is -0.480 e. The van der Waals surface area contributed by atoms with E-state index >= 15 is 0 Å². The highest BCUT2D eigenvalue weighted by atomic mass is 32.2. The molecule has 0 bridgehead atoms. The van der Waals surface area contributed by atoms with Crippen LogP contribution in [0.25, 0.3) is 11.1 Å². The number of rotatable bonds is 8. The van der Waals surface area contributed by atoms with Crippen molar-refractivity contribution in [3.63, 3.8) is 0 Å². The Morgan fingerprint density at radius 2 is 1.70 bits per heavy atom. The highest BCUT2D eigenvalue weighted by molar-refractivity contribution is 7.99. The van der Waals surface area contributed by atoms with Gasteiger partial charge in [-0.05, 0) is 22.3 Å². The zero-order valence-electron chi connectivity index (χ0n) is 18.7. The lowest BCUT2D eigenvalue weighted by atomic mass is 9.75. The SMILES string of the molecule is CC1(C)CN(C(=O)CSCCNC(=O)OCC2c3ccccc3-c3ccccc32)C1C(=O)O. The fraction of sp³-hybridized carbons (Fsp3) is 0.400. The number of carbonyl (C=O) groups is 3. The third kappa shape index (κ3) is 4.71. The largest absolute Gasteiger partial charge is 0.480 e. The summed E-state index contributed by atoms with van der Waals surface area (Å²) in [4.78, 5) is 37.3. The average molecular weight is 469 g/mol. The number of carboxylic acid groups (broad SMARTS) is 1. The van der Waals surface area contributed by atoms with Crippen molar-refractivity contribution in [1.29, 1.82) is 0 Å². The number of thioether (sulfide) groups is 1. The minimum absolute atomic E-state index is 0.0121. The van der Waals surface area contributed by atoms with Crippen molar-refractivity contribution < 1.29 is 24.2 Å². The van der Waals surface area contributed by atoms with E-state index in [9.17, 15) is 19.5 Å². The number of carbonyl (C=O) groups excluding carboxylic acids is 2. The summed E-state index contributed by atoms with van der Waals surface area (Å²) in [6, 6.07) is 15.6. The number of hydrogen-bond donors (Lipinski definition) is 2. The van der Waals surface area contributed by atoms with Crippen molar-refractivity contribution in [3.05, 3.63) is 59.7 Å². The minimum atomic E-state index is -0.971. The molecule has 2 aliphatic rings. The van der Waals surface area contributed by atoms with Gasteiger partial charge in [0.05, 0.1) is 5.75 Å². The molecule has 8 heteroatoms. The third-order valence-electron chi connectivity index (χ3n) is 6.27. The van der Waals surface area contributed by atoms with Gasteiger partial charge in [-0.1, -0.05) is 62.4 Å². The molecule has 1 saturated heterocycles. The molecule has 2 amide bonds. The lowest BCUT2D eigenvalue weighted by Gasteiger charge is -2.51. The van der Waals surface area contributed by atoms with Crippen LogP contribution < -0.4 is 5.32 Å². The van der Waals surface area contributed by atoms with Crippen LogP contribution in [-0.2, 0) is 14.3 Å². The van der Waals surface area contributed by atoms with Gasteiger partial charge >= 0.3 is 12.1 Å². The number of likely N-dealkylation sites (tertiary alicyclic amines) is 1. The zero-order valence-corrected chi connectivity index (χ0v) is 19.6. The number of nitrogens with one attached hydrogen (secondary N) is 1. The average Bonchev–Trinajstić information content (AvgIpc) is 3.09. The molecular formula is C25H28N2O5S. The van der Waals surface area contributed by atoms with E-state index in [-0.39, 0.29) is 24.2 Å². The molecule has 2 aromatic rings. The number of amides is 2. The predicted molar refractivity (Wildman–Crippen MR) is 127 cm³/mol. The molecule has 0 aromatic heterocycles. The van der Waals surface area contributed by atoms with Crippen LogP contribution in [0.5, 0.6) is 0 Å². The zero-order chi connectivity index (χ0) is 23.6. The summed E-state index contributed by atoms with van der Waals surface area (Å²) in [5, 5.41) is 12.1. The molecule has 1 atom stereocenters. The Bertz CT molecular complexity index is 1020. The predicted octanol–water partition coefficient (Wildman–Crippen LogP) is 3.58. The van der Waals surface area contributed by atoms with E-state index in [2.05, 4.69) is 29.6 Å². The normalized spacial score (nSPS) is 18.1. The topological polar surface area (TPSA) is 95.9 Å². The van der Waals surface area contributed by atoms with Gasteiger partial charge in [0.25, 0.3) is 0 Å². The summed E-state index contributed by atoms with van der Waals surface area (Å²) in [5.74, 6) is -0.426. The van der Waals surface area contributed by atoms with E-state index in [4.69, 9.17) is 4.74 Å². The molecule has 33 heavy (non-hydrogen) atoms. The Hall–Kier alpha value is -3.00. The van der Waals surface area contributed by atoms with Gasteiger partial charge in [0, 0.05) is 30.2 Å². The standard InChI is InChI=1S/C25H28N2O5S/c1-25(2)15-27(22(25)23(29)30)21(28)14-33-12-11-26-24(31)32-13-20-18-9-5-3-7-16(18)17-8-4-6-10-19(17)20/h3-10,20,22H,11-15H2,1-2H3,(H,26,31)(H,29,30). The van der Waals surface area contributed by atoms with Crippen molar-refractivity contribution in [1.82, 2.24) is 10.2 Å². The maximum atomic E-state index is 12.3. The van der Waals surface area contributed by atoms with Gasteiger partial charge in [0.2, 0.25) is 5.91 Å². The molecule has 1 heterocycles. The van der Waals surface area contributed by atoms with Crippen LogP contribution in [0.3, 0.4) is 0 Å². The van der Waals surface area contributed by atoms with Crippen molar-refractivity contribution >= 4 is 29.7 Å². The van der Waals surface area contributed by atoms with Gasteiger partial charge in [-0.2, -0.15) is 11.8 Å². The van der Waals surface area contributed by atoms with Gasteiger partial charge in [0.15, 0.2) is 0 Å². The molecule has 2 N–H and O–H groups in total. The van der Waals surface area contributed by atoms with Gasteiger partial charge in [-0.25, -0.2) is 9.59 Å². The molecule has 174 valence electrons. The number of nitrogens with zero attached hydrogens (tertiary/aromatic N) is 1. The van der Waals surface area contributed by atoms with E-state index in [0.717, 1.165) is 11.1 Å². The summed E-state index contributed by atoms with van der Waals surface area (Å²) in [6.45, 7) is 4.76. The summed E-state index contributed by atoms with van der Waals surface area (Å²) in [5.41, 5.74) is 4.28. The van der Waals surface area contributed by atoms with Gasteiger partial charge in [-0.3, -0.25) is 4.79 Å². The fourth-order valence-corrected chi connectivity index (χ4v) is 5.47. The Kier molecular flexibility index (Phi) is 6.65. The molecule has 1 aliphatic heterocycles. The quantitative estimate of drug-likeness (QED) is 0.575. The Labute approximate surface area is 197 Å². The van der Waals surface area contributed by atoms with Crippen molar-refractivity contribution in [2.24, 2.45) is 5.41 Å². The molecule has 1 fully saturated rings. The molecule has 4 rings (SSSR count). The summed E-state index contributed by atoms with van der Waals surface area (Å²) in [6.07, 6.45) is -0.487. The highest BCUT2D eigenvalue weighted by Crippen LogP contribution is 2.44. The maximum Gasteiger partial charge on any atom is 0.407 e. The van der Waals surface area contributed by atoms with E-state index in [1.165, 1.54) is 27.8 Å². The lowest BCUT2D eigenvalue weighted by Crippen LogP contribution is -2.67. The molecule has 0 spiro atoms. The molecule has 0 radical (unpaired) electrons. The second-order valence-corrected chi connectivity index (χ2v) is 10.2. The Morgan fingerprint density at radius 3 is 2.27 bits per heavy atom. The van der Waals surface area contributed by atoms with Crippen molar-refractivity contribution in [2.45, 2.75) is 25.8 Å². The number of aliphatic carboxylic acids is 1. The number of benzene rings is 2. The van der Waals surface area contributed by atoms with E-state index in [1.54, 1.807) is 0 Å². The first-order chi connectivity index (χ1) is 15.8. The molecule has 0 saturated carbocycles. The molecular weight excluding hydrogens is 440 g/mol. The second kappa shape index (κ2) is 9.47. The highest BCUT2D eigenvalue weighted by Gasteiger charge is 2.52. The number of ether oxygens (including phenoxy) is 1. The monoisotopic (exact) mass is 468 g/mol. The second-order valence-electron chi connectivity index (χ2n) is 9.06. The first-order valence-electron chi connectivity index (χ1n) is 11.0. The van der Waals surface area contributed by atoms with Crippen molar-refractivity contribution in [3.8, 4) is 11.1 Å². The number of fused-ring (bicyclic) bond motifs is 3. The fourth-order valence-electron chi connectivity index (χ4n) is 4.74. The van der Waals surface area contributed by atoms with Gasteiger partial charge in [-0.15, -0.1) is 0 Å². The molecule has 7 nitrogen and oxygen atoms in total. The van der Waals surface area contributed by atoms with Crippen LogP contribution in [0.15, 0.2) is 48.5 Å². The summed E-state index contributed by atoms with van der Waals surface area (Å²) < 4.78 is 5.50. The van der Waals surface area contributed by atoms with Crippen LogP contribution >= 0.6 is 11.8 Å². The first kappa shape index (κ1) is 23.2. The van der Waals surface area contributed by atoms with Crippen LogP contribution in [0, 0.1) is 5.41 Å². The molecule has 2 aromatic carbocycles. The van der Waals surface area contributed by atoms with Crippen LogP contribution in [0.1, 0.15) is 30.9 Å². The van der Waals surface area contributed by atoms with Crippen LogP contribution in [0.4, 0.5) is 4.79 Å². The molecule has 1 aliphatic carbocycles. The number of hydrogen-bond acceptors (Lipinski definition) is 5. The number of carboxylic acids is 1.